The summed E-state index contributed by atoms with van der Waals surface area (Å²) >= 11 is 0. The number of aryl methyl sites for hydroxylation is 1. The predicted molar refractivity (Wildman–Crippen MR) is 97.3 cm³/mol. The van der Waals surface area contributed by atoms with Gasteiger partial charge in [-0.3, -0.25) is 4.79 Å². The Morgan fingerprint density at radius 1 is 1.32 bits per heavy atom. The number of hydrogen-bond donors (Lipinski definition) is 1. The van der Waals surface area contributed by atoms with Crippen LogP contribution < -0.4 is 5.32 Å². The quantitative estimate of drug-likeness (QED) is 0.631. The summed E-state index contributed by atoms with van der Waals surface area (Å²) in [5.74, 6) is -0.0282. The molecule has 0 radical (unpaired) electrons. The second-order valence-electron chi connectivity index (χ2n) is 7.31. The summed E-state index contributed by atoms with van der Waals surface area (Å²) in [7, 11) is 0. The number of nitrogens with zero attached hydrogens (tertiary/aromatic N) is 2. The predicted octanol–water partition coefficient (Wildman–Crippen LogP) is 3.17. The number of aromatic nitrogens is 2. The number of ether oxygens (including phenoxy) is 1. The van der Waals surface area contributed by atoms with Crippen molar-refractivity contribution in [3.63, 3.8) is 0 Å². The van der Waals surface area contributed by atoms with Crippen molar-refractivity contribution in [1.29, 1.82) is 0 Å². The molecule has 1 unspecified atom stereocenters. The van der Waals surface area contributed by atoms with Gasteiger partial charge in [-0.05, 0) is 19.3 Å². The van der Waals surface area contributed by atoms with E-state index in [2.05, 4.69) is 15.3 Å². The van der Waals surface area contributed by atoms with Crippen molar-refractivity contribution < 1.29 is 14.3 Å². The fourth-order valence-electron chi connectivity index (χ4n) is 2.01. The third-order valence-electron chi connectivity index (χ3n) is 3.37. The Morgan fingerprint density at radius 2 is 1.96 bits per heavy atom. The minimum absolute atomic E-state index is 0.118. The molecule has 1 aromatic heterocycles. The lowest BCUT2D eigenvalue weighted by Crippen LogP contribution is -2.41. The molecule has 0 aliphatic rings. The first-order valence-electron chi connectivity index (χ1n) is 8.55. The van der Waals surface area contributed by atoms with E-state index >= 15 is 0 Å². The van der Waals surface area contributed by atoms with E-state index < -0.39 is 17.9 Å². The van der Waals surface area contributed by atoms with Gasteiger partial charge in [0.25, 0.3) is 5.91 Å². The fourth-order valence-corrected chi connectivity index (χ4v) is 2.01. The first-order valence-corrected chi connectivity index (χ1v) is 8.55. The third-order valence-corrected chi connectivity index (χ3v) is 3.37. The monoisotopic (exact) mass is 347 g/mol. The summed E-state index contributed by atoms with van der Waals surface area (Å²) in [6.07, 6.45) is 5.04. The zero-order chi connectivity index (χ0) is 19.2. The average molecular weight is 347 g/mol. The highest BCUT2D eigenvalue weighted by Gasteiger charge is 2.22. The average Bonchev–Trinajstić information content (AvgIpc) is 2.50. The number of rotatable bonds is 6. The fraction of sp³-hybridized carbons (Fsp3) is 0.579. The number of carbonyl (C=O) groups is 2. The van der Waals surface area contributed by atoms with Crippen LogP contribution >= 0.6 is 0 Å². The molecule has 0 saturated heterocycles. The molecule has 6 nitrogen and oxygen atoms in total. The van der Waals surface area contributed by atoms with Gasteiger partial charge in [-0.25, -0.2) is 14.8 Å². The van der Waals surface area contributed by atoms with Gasteiger partial charge in [-0.2, -0.15) is 0 Å². The molecule has 1 N–H and O–H groups in total. The Morgan fingerprint density at radius 3 is 2.44 bits per heavy atom. The SMILES string of the molecule is CCOC(=O)C(C=CC(C)(C)C)NC(=O)c1cnc(C(C)C)nc1C. The van der Waals surface area contributed by atoms with Crippen molar-refractivity contribution in [2.45, 2.75) is 60.4 Å². The van der Waals surface area contributed by atoms with Gasteiger partial charge in [0.1, 0.15) is 11.9 Å². The van der Waals surface area contributed by atoms with E-state index in [-0.39, 0.29) is 17.9 Å². The molecule has 0 aliphatic heterocycles. The van der Waals surface area contributed by atoms with Crippen LogP contribution in [0.4, 0.5) is 0 Å². The smallest absolute Gasteiger partial charge is 0.332 e. The van der Waals surface area contributed by atoms with Crippen LogP contribution in [0, 0.1) is 12.3 Å². The van der Waals surface area contributed by atoms with Gasteiger partial charge in [0.15, 0.2) is 0 Å². The van der Waals surface area contributed by atoms with E-state index in [9.17, 15) is 9.59 Å². The van der Waals surface area contributed by atoms with Crippen molar-refractivity contribution in [2.75, 3.05) is 6.61 Å². The van der Waals surface area contributed by atoms with Gasteiger partial charge in [0.05, 0.1) is 17.9 Å². The highest BCUT2D eigenvalue weighted by molar-refractivity contribution is 5.97. The van der Waals surface area contributed by atoms with Gasteiger partial charge in [0.2, 0.25) is 0 Å². The lowest BCUT2D eigenvalue weighted by Gasteiger charge is -2.17. The topological polar surface area (TPSA) is 81.2 Å². The number of allylic oxidation sites excluding steroid dienone is 1. The molecule has 1 atom stereocenters. The Balaban J connectivity index is 3.01. The molecule has 138 valence electrons. The molecule has 0 saturated carbocycles. The summed E-state index contributed by atoms with van der Waals surface area (Å²) in [5.41, 5.74) is 0.814. The highest BCUT2D eigenvalue weighted by Crippen LogP contribution is 2.16. The van der Waals surface area contributed by atoms with Crippen molar-refractivity contribution in [3.8, 4) is 0 Å². The van der Waals surface area contributed by atoms with Crippen LogP contribution in [0.3, 0.4) is 0 Å². The molecule has 1 rings (SSSR count). The molecule has 0 spiro atoms. The van der Waals surface area contributed by atoms with Crippen LogP contribution in [0.1, 0.15) is 69.3 Å². The van der Waals surface area contributed by atoms with Crippen molar-refractivity contribution in [1.82, 2.24) is 15.3 Å². The molecule has 0 aromatic carbocycles. The van der Waals surface area contributed by atoms with Crippen molar-refractivity contribution >= 4 is 11.9 Å². The van der Waals surface area contributed by atoms with Crippen LogP contribution in [-0.4, -0.2) is 34.5 Å². The Hall–Kier alpha value is -2.24. The van der Waals surface area contributed by atoms with Crippen molar-refractivity contribution in [3.05, 3.63) is 35.4 Å². The molecular weight excluding hydrogens is 318 g/mol. The highest BCUT2D eigenvalue weighted by atomic mass is 16.5. The van der Waals surface area contributed by atoms with E-state index in [1.165, 1.54) is 6.20 Å². The number of carbonyl (C=O) groups excluding carboxylic acids is 2. The van der Waals surface area contributed by atoms with Crippen LogP contribution in [0.15, 0.2) is 18.3 Å². The minimum Gasteiger partial charge on any atom is -0.464 e. The second kappa shape index (κ2) is 8.74. The molecule has 1 aromatic rings. The molecule has 0 fully saturated rings. The van der Waals surface area contributed by atoms with Crippen LogP contribution in [0.5, 0.6) is 0 Å². The lowest BCUT2D eigenvalue weighted by atomic mass is 9.95. The van der Waals surface area contributed by atoms with Crippen LogP contribution in [0.2, 0.25) is 0 Å². The normalized spacial score (nSPS) is 13.1. The molecule has 1 amide bonds. The summed E-state index contributed by atoms with van der Waals surface area (Å²) in [5, 5.41) is 2.70. The zero-order valence-electron chi connectivity index (χ0n) is 16.2. The number of esters is 1. The molecule has 6 heteroatoms. The van der Waals surface area contributed by atoms with Crippen LogP contribution in [0.25, 0.3) is 0 Å². The molecule has 25 heavy (non-hydrogen) atoms. The molecule has 0 bridgehead atoms. The standard InChI is InChI=1S/C19H29N3O3/c1-8-25-18(24)15(9-10-19(5,6)7)22-17(23)14-11-20-16(12(2)3)21-13(14)4/h9-12,15H,8H2,1-7H3,(H,22,23). The molecule has 1 heterocycles. The molecular formula is C19H29N3O3. The van der Waals surface area contributed by atoms with E-state index in [4.69, 9.17) is 4.74 Å². The van der Waals surface area contributed by atoms with E-state index in [0.29, 0.717) is 17.1 Å². The van der Waals surface area contributed by atoms with Gasteiger partial charge in [-0.15, -0.1) is 0 Å². The van der Waals surface area contributed by atoms with Gasteiger partial charge >= 0.3 is 5.97 Å². The summed E-state index contributed by atoms with van der Waals surface area (Å²) in [6.45, 7) is 13.7. The lowest BCUT2D eigenvalue weighted by molar-refractivity contribution is -0.144. The van der Waals surface area contributed by atoms with Crippen LogP contribution in [-0.2, 0) is 9.53 Å². The van der Waals surface area contributed by atoms with Gasteiger partial charge < -0.3 is 10.1 Å². The maximum absolute atomic E-state index is 12.6. The Bertz CT molecular complexity index is 646. The second-order valence-corrected chi connectivity index (χ2v) is 7.31. The minimum atomic E-state index is -0.851. The molecule has 0 aliphatic carbocycles. The van der Waals surface area contributed by atoms with Gasteiger partial charge in [-0.1, -0.05) is 46.8 Å². The first kappa shape index (κ1) is 20.8. The number of nitrogens with one attached hydrogen (secondary N) is 1. The Labute approximate surface area is 150 Å². The Kier molecular flexibility index (Phi) is 7.27. The zero-order valence-corrected chi connectivity index (χ0v) is 16.2. The van der Waals surface area contributed by atoms with E-state index in [0.717, 1.165) is 0 Å². The maximum atomic E-state index is 12.6. The summed E-state index contributed by atoms with van der Waals surface area (Å²) in [4.78, 5) is 33.3. The number of hydrogen-bond acceptors (Lipinski definition) is 5. The van der Waals surface area contributed by atoms with E-state index in [1.54, 1.807) is 19.9 Å². The summed E-state index contributed by atoms with van der Waals surface area (Å²) in [6, 6.07) is -0.851. The number of amides is 1. The largest absolute Gasteiger partial charge is 0.464 e. The first-order chi connectivity index (χ1) is 11.5. The van der Waals surface area contributed by atoms with Gasteiger partial charge in [0, 0.05) is 12.1 Å². The van der Waals surface area contributed by atoms with Crippen molar-refractivity contribution in [2.24, 2.45) is 5.41 Å². The summed E-state index contributed by atoms with van der Waals surface area (Å²) < 4.78 is 5.05. The van der Waals surface area contributed by atoms with E-state index in [1.807, 2.05) is 40.7 Å². The maximum Gasteiger partial charge on any atom is 0.332 e. The third kappa shape index (κ3) is 6.64.